The number of nitrogens with one attached hydrogen (secondary N) is 3. The fraction of sp³-hybridized carbons (Fsp3) is 0.0667. The second-order valence-corrected chi connectivity index (χ2v) is 8.96. The summed E-state index contributed by atoms with van der Waals surface area (Å²) in [7, 11) is 0. The number of carbonyl (C=O) groups excluding carboxylic acids is 2. The van der Waals surface area contributed by atoms with Crippen molar-refractivity contribution in [3.05, 3.63) is 106 Å². The summed E-state index contributed by atoms with van der Waals surface area (Å²) in [4.78, 5) is 28.7. The van der Waals surface area contributed by atoms with Gasteiger partial charge in [0.25, 0.3) is 11.8 Å². The molecule has 0 unspecified atom stereocenters. The average molecular weight is 520 g/mol. The molecule has 0 fully saturated rings. The van der Waals surface area contributed by atoms with Crippen molar-refractivity contribution in [3.8, 4) is 11.5 Å². The average Bonchev–Trinajstić information content (AvgIpc) is 3.24. The molecule has 4 aromatic carbocycles. The number of rotatable bonds is 6. The summed E-state index contributed by atoms with van der Waals surface area (Å²) >= 11 is 0. The molecule has 0 aliphatic rings. The third-order valence-corrected chi connectivity index (χ3v) is 6.51. The van der Waals surface area contributed by atoms with E-state index < -0.39 is 11.8 Å². The molecule has 5 N–H and O–H groups in total. The van der Waals surface area contributed by atoms with Crippen molar-refractivity contribution in [1.82, 2.24) is 15.8 Å². The van der Waals surface area contributed by atoms with Crippen LogP contribution in [-0.2, 0) is 0 Å². The van der Waals surface area contributed by atoms with E-state index in [9.17, 15) is 19.8 Å². The number of H-pyrrole nitrogens is 1. The van der Waals surface area contributed by atoms with Crippen LogP contribution in [0.4, 0.5) is 0 Å². The molecule has 0 saturated carbocycles. The molecule has 0 bridgehead atoms. The second kappa shape index (κ2) is 10.5. The Kier molecular flexibility index (Phi) is 6.79. The topological polar surface area (TPSA) is 139 Å². The molecule has 1 heterocycles. The number of aromatic nitrogens is 1. The van der Waals surface area contributed by atoms with Gasteiger partial charge in [-0.2, -0.15) is 10.2 Å². The zero-order valence-corrected chi connectivity index (χ0v) is 21.2. The Morgan fingerprint density at radius 1 is 0.718 bits per heavy atom. The first-order chi connectivity index (χ1) is 18.8. The summed E-state index contributed by atoms with van der Waals surface area (Å²) in [5, 5.41) is 32.0. The summed E-state index contributed by atoms with van der Waals surface area (Å²) in [5.74, 6) is -0.984. The maximum Gasteiger partial charge on any atom is 0.288 e. The zero-order valence-electron chi connectivity index (χ0n) is 21.2. The molecule has 1 aromatic heterocycles. The summed E-state index contributed by atoms with van der Waals surface area (Å²) in [6, 6.07) is 21.8. The van der Waals surface area contributed by atoms with Gasteiger partial charge in [0, 0.05) is 16.8 Å². The normalized spacial score (nSPS) is 11.5. The highest BCUT2D eigenvalue weighted by Crippen LogP contribution is 2.26. The Bertz CT molecular complexity index is 1800. The molecule has 9 nitrogen and oxygen atoms in total. The number of phenols is 2. The van der Waals surface area contributed by atoms with Gasteiger partial charge in [-0.25, -0.2) is 10.9 Å². The minimum absolute atomic E-state index is 0.0370. The highest BCUT2D eigenvalue weighted by molar-refractivity contribution is 6.06. The molecule has 0 atom stereocenters. The van der Waals surface area contributed by atoms with Crippen molar-refractivity contribution in [2.45, 2.75) is 13.8 Å². The molecule has 0 aliphatic heterocycles. The van der Waals surface area contributed by atoms with E-state index in [1.807, 2.05) is 48.5 Å². The molecule has 5 aromatic rings. The first-order valence-electron chi connectivity index (χ1n) is 12.1. The lowest BCUT2D eigenvalue weighted by atomic mass is 10.0. The molecule has 0 saturated heterocycles. The highest BCUT2D eigenvalue weighted by Gasteiger charge is 2.22. The Labute approximate surface area is 223 Å². The predicted octanol–water partition coefficient (Wildman–Crippen LogP) is 4.88. The number of fused-ring (bicyclic) bond motifs is 2. The minimum atomic E-state index is -0.546. The van der Waals surface area contributed by atoms with Gasteiger partial charge in [-0.15, -0.1) is 0 Å². The molecular weight excluding hydrogens is 494 g/mol. The Hall–Kier alpha value is -5.44. The SMILES string of the molecule is Cc1[nH]c(C(=O)N/N=C/c2c(O)ccc3ccccc23)c(C)c1C(=O)N/N=C/c1c(O)ccc2ccccc12. The lowest BCUT2D eigenvalue weighted by Crippen LogP contribution is -2.21. The van der Waals surface area contributed by atoms with E-state index in [2.05, 4.69) is 26.0 Å². The van der Waals surface area contributed by atoms with Gasteiger partial charge >= 0.3 is 0 Å². The molecular formula is C30H25N5O4. The third kappa shape index (κ3) is 4.93. The van der Waals surface area contributed by atoms with Crippen molar-refractivity contribution >= 4 is 45.8 Å². The van der Waals surface area contributed by atoms with Crippen LogP contribution in [0.25, 0.3) is 21.5 Å². The first kappa shape index (κ1) is 25.2. The van der Waals surface area contributed by atoms with E-state index in [-0.39, 0.29) is 22.8 Å². The van der Waals surface area contributed by atoms with Crippen LogP contribution >= 0.6 is 0 Å². The van der Waals surface area contributed by atoms with Crippen molar-refractivity contribution < 1.29 is 19.8 Å². The first-order valence-corrected chi connectivity index (χ1v) is 12.1. The van der Waals surface area contributed by atoms with Crippen LogP contribution in [0.1, 0.15) is 43.2 Å². The molecule has 0 radical (unpaired) electrons. The fourth-order valence-corrected chi connectivity index (χ4v) is 4.58. The van der Waals surface area contributed by atoms with Crippen LogP contribution in [0.5, 0.6) is 11.5 Å². The van der Waals surface area contributed by atoms with E-state index in [1.54, 1.807) is 38.1 Å². The number of hydrazone groups is 2. The summed E-state index contributed by atoms with van der Waals surface area (Å²) < 4.78 is 0. The molecule has 0 aliphatic carbocycles. The van der Waals surface area contributed by atoms with Crippen molar-refractivity contribution in [3.63, 3.8) is 0 Å². The smallest absolute Gasteiger partial charge is 0.288 e. The standard InChI is InChI=1S/C30H25N5O4/c1-17-27(29(38)34-31-15-23-21-9-5-3-7-19(21)11-13-25(23)36)18(2)33-28(17)30(39)35-32-16-24-22-10-6-4-8-20(22)12-14-26(24)37/h3-16,33,36-37H,1-2H3,(H,34,38)(H,35,39)/b31-15+,32-16+. The Morgan fingerprint density at radius 2 is 1.21 bits per heavy atom. The summed E-state index contributed by atoms with van der Waals surface area (Å²) in [5.41, 5.74) is 7.22. The number of aryl methyl sites for hydroxylation is 1. The van der Waals surface area contributed by atoms with Crippen LogP contribution in [-0.4, -0.2) is 39.4 Å². The third-order valence-electron chi connectivity index (χ3n) is 6.51. The number of carbonyl (C=O) groups is 2. The number of amides is 2. The van der Waals surface area contributed by atoms with Crippen LogP contribution in [0.15, 0.2) is 83.0 Å². The van der Waals surface area contributed by atoms with Crippen molar-refractivity contribution in [2.75, 3.05) is 0 Å². The predicted molar refractivity (Wildman–Crippen MR) is 152 cm³/mol. The molecule has 194 valence electrons. The maximum atomic E-state index is 12.9. The number of benzene rings is 4. The molecule has 5 rings (SSSR count). The number of aromatic amines is 1. The Balaban J connectivity index is 1.31. The van der Waals surface area contributed by atoms with Gasteiger partial charge in [0.1, 0.15) is 17.2 Å². The number of nitrogens with zero attached hydrogens (tertiary/aromatic N) is 2. The quantitative estimate of drug-likeness (QED) is 0.161. The van der Waals surface area contributed by atoms with E-state index in [4.69, 9.17) is 0 Å². The van der Waals surface area contributed by atoms with E-state index in [0.717, 1.165) is 21.5 Å². The van der Waals surface area contributed by atoms with Gasteiger partial charge in [0.05, 0.1) is 18.0 Å². The second-order valence-electron chi connectivity index (χ2n) is 8.96. The van der Waals surface area contributed by atoms with Gasteiger partial charge in [0.15, 0.2) is 0 Å². The minimum Gasteiger partial charge on any atom is -0.507 e. The van der Waals surface area contributed by atoms with Gasteiger partial charge in [0.2, 0.25) is 0 Å². The van der Waals surface area contributed by atoms with Crippen molar-refractivity contribution in [2.24, 2.45) is 10.2 Å². The van der Waals surface area contributed by atoms with E-state index in [1.165, 1.54) is 12.4 Å². The van der Waals surface area contributed by atoms with Crippen LogP contribution in [0, 0.1) is 13.8 Å². The van der Waals surface area contributed by atoms with Crippen LogP contribution < -0.4 is 10.9 Å². The van der Waals surface area contributed by atoms with Crippen LogP contribution in [0.3, 0.4) is 0 Å². The zero-order chi connectivity index (χ0) is 27.5. The van der Waals surface area contributed by atoms with E-state index in [0.29, 0.717) is 22.4 Å². The summed E-state index contributed by atoms with van der Waals surface area (Å²) in [6.07, 6.45) is 2.77. The molecule has 2 amide bonds. The highest BCUT2D eigenvalue weighted by atomic mass is 16.3. The maximum absolute atomic E-state index is 12.9. The van der Waals surface area contributed by atoms with Gasteiger partial charge < -0.3 is 15.2 Å². The lowest BCUT2D eigenvalue weighted by Gasteiger charge is -2.05. The monoisotopic (exact) mass is 519 g/mol. The largest absolute Gasteiger partial charge is 0.507 e. The number of aromatic hydroxyl groups is 2. The molecule has 39 heavy (non-hydrogen) atoms. The molecule has 0 spiro atoms. The number of hydrogen-bond donors (Lipinski definition) is 5. The number of hydrogen-bond acceptors (Lipinski definition) is 6. The fourth-order valence-electron chi connectivity index (χ4n) is 4.58. The van der Waals surface area contributed by atoms with E-state index >= 15 is 0 Å². The van der Waals surface area contributed by atoms with Gasteiger partial charge in [-0.05, 0) is 53.1 Å². The Morgan fingerprint density at radius 3 is 1.74 bits per heavy atom. The number of phenolic OH excluding ortho intramolecular Hbond substituents is 2. The van der Waals surface area contributed by atoms with Crippen LogP contribution in [0.2, 0.25) is 0 Å². The van der Waals surface area contributed by atoms with Gasteiger partial charge in [-0.1, -0.05) is 60.7 Å². The van der Waals surface area contributed by atoms with Gasteiger partial charge in [-0.3, -0.25) is 9.59 Å². The molecule has 9 heteroatoms. The summed E-state index contributed by atoms with van der Waals surface area (Å²) in [6.45, 7) is 3.32. The lowest BCUT2D eigenvalue weighted by molar-refractivity contribution is 0.0948. The van der Waals surface area contributed by atoms with Crippen molar-refractivity contribution in [1.29, 1.82) is 0 Å².